The Balaban J connectivity index is 2.89. The fraction of sp³-hybridized carbons (Fsp3) is 0.625. The summed E-state index contributed by atoms with van der Waals surface area (Å²) in [6, 6.07) is 0. The van der Waals surface area contributed by atoms with Gasteiger partial charge in [0.1, 0.15) is 6.54 Å². The second kappa shape index (κ2) is 4.81. The van der Waals surface area contributed by atoms with Crippen LogP contribution in [0.3, 0.4) is 0 Å². The molecule has 1 aromatic heterocycles. The topological polar surface area (TPSA) is 68.0 Å². The van der Waals surface area contributed by atoms with Crippen molar-refractivity contribution in [1.82, 2.24) is 15.0 Å². The van der Waals surface area contributed by atoms with E-state index in [1.54, 1.807) is 6.92 Å². The van der Waals surface area contributed by atoms with Gasteiger partial charge in [-0.05, 0) is 6.42 Å². The van der Waals surface area contributed by atoms with E-state index in [0.717, 1.165) is 4.68 Å². The number of alkyl halides is 2. The maximum Gasteiger partial charge on any atom is 0.309 e. The highest BCUT2D eigenvalue weighted by molar-refractivity contribution is 5.69. The minimum absolute atomic E-state index is 0.255. The van der Waals surface area contributed by atoms with Crippen LogP contribution in [0, 0.1) is 0 Å². The van der Waals surface area contributed by atoms with Crippen LogP contribution >= 0.6 is 0 Å². The molecule has 15 heavy (non-hydrogen) atoms. The van der Waals surface area contributed by atoms with Gasteiger partial charge in [0.05, 0.1) is 17.8 Å². The van der Waals surface area contributed by atoms with Crippen molar-refractivity contribution in [2.75, 3.05) is 0 Å². The second-order valence-electron chi connectivity index (χ2n) is 2.98. The smallest absolute Gasteiger partial charge is 0.309 e. The van der Waals surface area contributed by atoms with Crippen molar-refractivity contribution in [3.63, 3.8) is 0 Å². The molecule has 1 N–H and O–H groups in total. The number of carboxylic acids is 1. The van der Waals surface area contributed by atoms with Crippen molar-refractivity contribution >= 4 is 5.97 Å². The van der Waals surface area contributed by atoms with Crippen LogP contribution < -0.4 is 0 Å². The zero-order chi connectivity index (χ0) is 11.4. The van der Waals surface area contributed by atoms with E-state index in [0.29, 0.717) is 12.1 Å². The van der Waals surface area contributed by atoms with E-state index in [9.17, 15) is 13.6 Å². The van der Waals surface area contributed by atoms with Crippen LogP contribution in [0.4, 0.5) is 8.78 Å². The predicted octanol–water partition coefficient (Wildman–Crippen LogP) is 0.733. The van der Waals surface area contributed by atoms with Crippen molar-refractivity contribution in [1.29, 1.82) is 0 Å². The average Bonchev–Trinajstić information content (AvgIpc) is 2.45. The summed E-state index contributed by atoms with van der Waals surface area (Å²) in [5.41, 5.74) is 0.711. The SMILES string of the molecule is CCc1c(CC(=O)O)nnn1CC(F)F. The Hall–Kier alpha value is -1.53. The highest BCUT2D eigenvalue weighted by Gasteiger charge is 2.16. The molecule has 0 fully saturated rings. The molecule has 0 aliphatic carbocycles. The molecule has 1 heterocycles. The Morgan fingerprint density at radius 2 is 2.27 bits per heavy atom. The first-order chi connectivity index (χ1) is 7.04. The third-order valence-electron chi connectivity index (χ3n) is 1.88. The summed E-state index contributed by atoms with van der Waals surface area (Å²) in [5, 5.41) is 15.6. The lowest BCUT2D eigenvalue weighted by Crippen LogP contribution is -2.12. The molecule has 0 saturated heterocycles. The summed E-state index contributed by atoms with van der Waals surface area (Å²) >= 11 is 0. The summed E-state index contributed by atoms with van der Waals surface area (Å²) in [6.45, 7) is 1.20. The zero-order valence-corrected chi connectivity index (χ0v) is 8.15. The molecule has 0 radical (unpaired) electrons. The number of rotatable bonds is 5. The third kappa shape index (κ3) is 2.97. The van der Waals surface area contributed by atoms with E-state index in [1.165, 1.54) is 0 Å². The lowest BCUT2D eigenvalue weighted by molar-refractivity contribution is -0.136. The fourth-order valence-electron chi connectivity index (χ4n) is 1.31. The third-order valence-corrected chi connectivity index (χ3v) is 1.88. The molecule has 0 amide bonds. The van der Waals surface area contributed by atoms with Crippen LogP contribution in [0.15, 0.2) is 0 Å². The summed E-state index contributed by atoms with van der Waals surface area (Å²) in [7, 11) is 0. The minimum atomic E-state index is -2.52. The number of aliphatic carboxylic acids is 1. The van der Waals surface area contributed by atoms with Crippen molar-refractivity contribution in [2.45, 2.75) is 32.7 Å². The molecule has 0 unspecified atom stereocenters. The lowest BCUT2D eigenvalue weighted by atomic mass is 10.2. The van der Waals surface area contributed by atoms with Crippen molar-refractivity contribution in [2.24, 2.45) is 0 Å². The van der Waals surface area contributed by atoms with Crippen LogP contribution in [0.25, 0.3) is 0 Å². The van der Waals surface area contributed by atoms with E-state index in [1.807, 2.05) is 0 Å². The van der Waals surface area contributed by atoms with Gasteiger partial charge in [-0.3, -0.25) is 4.79 Å². The number of aromatic nitrogens is 3. The van der Waals surface area contributed by atoms with E-state index in [2.05, 4.69) is 10.3 Å². The van der Waals surface area contributed by atoms with Gasteiger partial charge in [0.25, 0.3) is 6.43 Å². The van der Waals surface area contributed by atoms with Crippen molar-refractivity contribution in [3.8, 4) is 0 Å². The first kappa shape index (κ1) is 11.5. The molecule has 0 aromatic carbocycles. The highest BCUT2D eigenvalue weighted by Crippen LogP contribution is 2.09. The number of halogens is 2. The largest absolute Gasteiger partial charge is 0.481 e. The number of carboxylic acid groups (broad SMARTS) is 1. The Labute approximate surface area is 84.7 Å². The van der Waals surface area contributed by atoms with Crippen LogP contribution in [0.5, 0.6) is 0 Å². The van der Waals surface area contributed by atoms with E-state index in [4.69, 9.17) is 5.11 Å². The van der Waals surface area contributed by atoms with E-state index < -0.39 is 18.9 Å². The van der Waals surface area contributed by atoms with Crippen LogP contribution in [-0.2, 0) is 24.2 Å². The standard InChI is InChI=1S/C8H11F2N3O2/c1-2-6-5(3-8(14)15)11-12-13(6)4-7(9)10/h7H,2-4H2,1H3,(H,14,15). The van der Waals surface area contributed by atoms with Gasteiger partial charge >= 0.3 is 5.97 Å². The van der Waals surface area contributed by atoms with Gasteiger partial charge in [0.15, 0.2) is 0 Å². The van der Waals surface area contributed by atoms with Gasteiger partial charge in [-0.15, -0.1) is 5.10 Å². The normalized spacial score (nSPS) is 10.9. The molecule has 5 nitrogen and oxygen atoms in total. The van der Waals surface area contributed by atoms with Gasteiger partial charge in [0, 0.05) is 0 Å². The molecule has 0 aliphatic heterocycles. The Morgan fingerprint density at radius 3 is 2.73 bits per heavy atom. The Bertz CT molecular complexity index is 352. The van der Waals surface area contributed by atoms with Gasteiger partial charge < -0.3 is 5.11 Å². The zero-order valence-electron chi connectivity index (χ0n) is 8.15. The molecule has 1 rings (SSSR count). The van der Waals surface area contributed by atoms with E-state index >= 15 is 0 Å². The summed E-state index contributed by atoms with van der Waals surface area (Å²) in [5.74, 6) is -1.05. The molecule has 7 heteroatoms. The second-order valence-corrected chi connectivity index (χ2v) is 2.98. The number of nitrogens with zero attached hydrogens (tertiary/aromatic N) is 3. The molecule has 0 atom stereocenters. The molecule has 0 bridgehead atoms. The molecular weight excluding hydrogens is 208 g/mol. The fourth-order valence-corrected chi connectivity index (χ4v) is 1.31. The van der Waals surface area contributed by atoms with Gasteiger partial charge in [-0.1, -0.05) is 12.1 Å². The Morgan fingerprint density at radius 1 is 1.60 bits per heavy atom. The highest BCUT2D eigenvalue weighted by atomic mass is 19.3. The molecule has 84 valence electrons. The predicted molar refractivity (Wildman–Crippen MR) is 46.7 cm³/mol. The maximum atomic E-state index is 12.1. The maximum absolute atomic E-state index is 12.1. The van der Waals surface area contributed by atoms with Crippen LogP contribution in [0.1, 0.15) is 18.3 Å². The number of hydrogen-bond donors (Lipinski definition) is 1. The average molecular weight is 219 g/mol. The Kier molecular flexibility index (Phi) is 3.70. The molecular formula is C8H11F2N3O2. The van der Waals surface area contributed by atoms with Gasteiger partial charge in [-0.2, -0.15) is 0 Å². The monoisotopic (exact) mass is 219 g/mol. The first-order valence-corrected chi connectivity index (χ1v) is 4.45. The minimum Gasteiger partial charge on any atom is -0.481 e. The quantitative estimate of drug-likeness (QED) is 0.792. The first-order valence-electron chi connectivity index (χ1n) is 4.45. The van der Waals surface area contributed by atoms with Crippen LogP contribution in [-0.4, -0.2) is 32.5 Å². The number of carbonyl (C=O) groups is 1. The molecule has 0 saturated carbocycles. The molecule has 0 aliphatic rings. The van der Waals surface area contributed by atoms with Crippen LogP contribution in [0.2, 0.25) is 0 Å². The van der Waals surface area contributed by atoms with E-state index in [-0.39, 0.29) is 12.1 Å². The van der Waals surface area contributed by atoms with Crippen molar-refractivity contribution in [3.05, 3.63) is 11.4 Å². The van der Waals surface area contributed by atoms with Crippen molar-refractivity contribution < 1.29 is 18.7 Å². The summed E-state index contributed by atoms with van der Waals surface area (Å²) in [6.07, 6.45) is -2.37. The number of hydrogen-bond acceptors (Lipinski definition) is 3. The summed E-state index contributed by atoms with van der Waals surface area (Å²) < 4.78 is 25.3. The lowest BCUT2D eigenvalue weighted by Gasteiger charge is -2.03. The molecule has 0 spiro atoms. The van der Waals surface area contributed by atoms with Gasteiger partial charge in [0.2, 0.25) is 0 Å². The summed E-state index contributed by atoms with van der Waals surface area (Å²) in [4.78, 5) is 10.4. The van der Waals surface area contributed by atoms with Gasteiger partial charge in [-0.25, -0.2) is 13.5 Å². The molecule has 1 aromatic rings.